The Morgan fingerprint density at radius 1 is 1.19 bits per heavy atom. The average Bonchev–Trinajstić information content (AvgIpc) is 3.25. The molecule has 27 heavy (non-hydrogen) atoms. The number of halogens is 1. The molecule has 3 heterocycles. The van der Waals surface area contributed by atoms with Gasteiger partial charge in [0.05, 0.1) is 24.7 Å². The molecule has 5 nitrogen and oxygen atoms in total. The Balaban J connectivity index is 1.50. The molecule has 1 aromatic carbocycles. The van der Waals surface area contributed by atoms with E-state index >= 15 is 0 Å². The van der Waals surface area contributed by atoms with Gasteiger partial charge in [0, 0.05) is 30.3 Å². The summed E-state index contributed by atoms with van der Waals surface area (Å²) in [5.41, 5.74) is 0.865. The molecule has 0 bridgehead atoms. The van der Waals surface area contributed by atoms with E-state index in [0.717, 1.165) is 24.5 Å². The minimum atomic E-state index is -0.130. The van der Waals surface area contributed by atoms with E-state index in [1.54, 1.807) is 17.0 Å². The van der Waals surface area contributed by atoms with Crippen molar-refractivity contribution in [2.45, 2.75) is 6.54 Å². The Kier molecular flexibility index (Phi) is 5.54. The molecule has 2 fully saturated rings. The number of amides is 1. The van der Waals surface area contributed by atoms with Gasteiger partial charge in [-0.25, -0.2) is 0 Å². The number of rotatable bonds is 4. The van der Waals surface area contributed by atoms with Gasteiger partial charge >= 0.3 is 0 Å². The summed E-state index contributed by atoms with van der Waals surface area (Å²) in [5.74, 6) is 1.29. The van der Waals surface area contributed by atoms with Crippen LogP contribution in [0, 0.1) is 0 Å². The molecule has 0 unspecified atom stereocenters. The van der Waals surface area contributed by atoms with Crippen LogP contribution in [-0.2, 0) is 16.1 Å². The Hall–Kier alpha value is -1.80. The standard InChI is InChI=1S/C19H17ClN2O3S2/c20-15-4-2-1-3-13(15)12-22-18(23)16(27-19(22)26)11-14-5-6-17(25-14)21-7-9-24-10-8-21/h1-6,11H,7-10,12H2/b16-11-. The normalized spacial score (nSPS) is 19.4. The third-order valence-corrected chi connectivity index (χ3v) is 6.12. The molecule has 2 aromatic rings. The van der Waals surface area contributed by atoms with Gasteiger partial charge in [0.15, 0.2) is 5.88 Å². The molecule has 1 amide bonds. The number of hydrogen-bond acceptors (Lipinski definition) is 6. The van der Waals surface area contributed by atoms with E-state index in [-0.39, 0.29) is 5.91 Å². The molecular weight excluding hydrogens is 404 g/mol. The molecule has 2 aliphatic heterocycles. The fraction of sp³-hybridized carbons (Fsp3) is 0.263. The summed E-state index contributed by atoms with van der Waals surface area (Å²) in [7, 11) is 0. The van der Waals surface area contributed by atoms with Crippen LogP contribution in [0.15, 0.2) is 45.7 Å². The zero-order valence-corrected chi connectivity index (χ0v) is 16.8. The third kappa shape index (κ3) is 4.06. The lowest BCUT2D eigenvalue weighted by Gasteiger charge is -2.26. The van der Waals surface area contributed by atoms with Crippen LogP contribution in [0.25, 0.3) is 6.08 Å². The second kappa shape index (κ2) is 8.06. The average molecular weight is 421 g/mol. The van der Waals surface area contributed by atoms with Crippen molar-refractivity contribution in [3.8, 4) is 0 Å². The van der Waals surface area contributed by atoms with Crippen molar-refractivity contribution < 1.29 is 13.9 Å². The van der Waals surface area contributed by atoms with Gasteiger partial charge in [-0.15, -0.1) is 0 Å². The first kappa shape index (κ1) is 18.6. The van der Waals surface area contributed by atoms with Crippen molar-refractivity contribution in [3.63, 3.8) is 0 Å². The molecular formula is C19H17ClN2O3S2. The fourth-order valence-electron chi connectivity index (χ4n) is 2.94. The summed E-state index contributed by atoms with van der Waals surface area (Å²) < 4.78 is 11.8. The van der Waals surface area contributed by atoms with E-state index in [9.17, 15) is 4.79 Å². The number of anilines is 1. The topological polar surface area (TPSA) is 45.9 Å². The minimum absolute atomic E-state index is 0.130. The summed E-state index contributed by atoms with van der Waals surface area (Å²) >= 11 is 12.9. The SMILES string of the molecule is O=C1/C(=C/c2ccc(N3CCOCC3)o2)SC(=S)N1Cc1ccccc1Cl. The molecule has 2 saturated heterocycles. The number of nitrogens with zero attached hydrogens (tertiary/aromatic N) is 2. The molecule has 1 aromatic heterocycles. The maximum Gasteiger partial charge on any atom is 0.266 e. The summed E-state index contributed by atoms with van der Waals surface area (Å²) in [4.78, 5) is 17.0. The monoisotopic (exact) mass is 420 g/mol. The van der Waals surface area contributed by atoms with Crippen molar-refractivity contribution in [1.82, 2.24) is 4.90 Å². The predicted octanol–water partition coefficient (Wildman–Crippen LogP) is 4.17. The lowest BCUT2D eigenvalue weighted by Crippen LogP contribution is -2.35. The molecule has 0 saturated carbocycles. The number of thioether (sulfide) groups is 1. The highest BCUT2D eigenvalue weighted by Crippen LogP contribution is 2.35. The molecule has 0 aliphatic carbocycles. The van der Waals surface area contributed by atoms with Crippen molar-refractivity contribution in [1.29, 1.82) is 0 Å². The molecule has 0 N–H and O–H groups in total. The van der Waals surface area contributed by atoms with E-state index in [2.05, 4.69) is 4.90 Å². The predicted molar refractivity (Wildman–Crippen MR) is 112 cm³/mol. The van der Waals surface area contributed by atoms with Crippen LogP contribution in [0.2, 0.25) is 5.02 Å². The van der Waals surface area contributed by atoms with Crippen molar-refractivity contribution in [3.05, 3.63) is 57.6 Å². The summed E-state index contributed by atoms with van der Waals surface area (Å²) in [5, 5.41) is 0.622. The molecule has 8 heteroatoms. The number of thiocarbonyl (C=S) groups is 1. The second-order valence-electron chi connectivity index (χ2n) is 6.13. The van der Waals surface area contributed by atoms with Crippen molar-refractivity contribution in [2.24, 2.45) is 0 Å². The first-order valence-electron chi connectivity index (χ1n) is 8.53. The van der Waals surface area contributed by atoms with E-state index in [4.69, 9.17) is 33.0 Å². The minimum Gasteiger partial charge on any atom is -0.441 e. The molecule has 4 rings (SSSR count). The summed E-state index contributed by atoms with van der Waals surface area (Å²) in [6.45, 7) is 3.34. The van der Waals surface area contributed by atoms with Gasteiger partial charge in [-0.05, 0) is 17.7 Å². The first-order chi connectivity index (χ1) is 13.1. The molecule has 0 spiro atoms. The van der Waals surface area contributed by atoms with E-state index in [0.29, 0.717) is 39.8 Å². The Morgan fingerprint density at radius 3 is 2.74 bits per heavy atom. The van der Waals surface area contributed by atoms with Gasteiger partial charge in [-0.3, -0.25) is 9.69 Å². The fourth-order valence-corrected chi connectivity index (χ4v) is 4.37. The van der Waals surface area contributed by atoms with Crippen LogP contribution >= 0.6 is 35.6 Å². The Morgan fingerprint density at radius 2 is 1.96 bits per heavy atom. The molecule has 0 radical (unpaired) electrons. The van der Waals surface area contributed by atoms with Gasteiger partial charge < -0.3 is 14.1 Å². The van der Waals surface area contributed by atoms with E-state index in [1.165, 1.54) is 11.8 Å². The number of carbonyl (C=O) groups is 1. The number of hydrogen-bond donors (Lipinski definition) is 0. The molecule has 0 atom stereocenters. The van der Waals surface area contributed by atoms with Gasteiger partial charge in [0.1, 0.15) is 10.1 Å². The summed E-state index contributed by atoms with van der Waals surface area (Å²) in [6, 6.07) is 11.2. The first-order valence-corrected chi connectivity index (χ1v) is 10.1. The second-order valence-corrected chi connectivity index (χ2v) is 8.22. The Bertz CT molecular complexity index is 906. The zero-order chi connectivity index (χ0) is 18.8. The van der Waals surface area contributed by atoms with Crippen LogP contribution in [0.1, 0.15) is 11.3 Å². The van der Waals surface area contributed by atoms with Gasteiger partial charge in [-0.1, -0.05) is 53.8 Å². The highest BCUT2D eigenvalue weighted by Gasteiger charge is 2.32. The number of furan rings is 1. The maximum absolute atomic E-state index is 12.8. The highest BCUT2D eigenvalue weighted by atomic mass is 35.5. The van der Waals surface area contributed by atoms with Crippen molar-refractivity contribution >= 4 is 57.8 Å². The number of morpholine rings is 1. The lowest BCUT2D eigenvalue weighted by atomic mass is 10.2. The number of ether oxygens (including phenoxy) is 1. The van der Waals surface area contributed by atoms with Crippen molar-refractivity contribution in [2.75, 3.05) is 31.2 Å². The van der Waals surface area contributed by atoms with Crippen LogP contribution in [0.5, 0.6) is 0 Å². The quantitative estimate of drug-likeness (QED) is 0.546. The van der Waals surface area contributed by atoms with E-state index in [1.807, 2.05) is 30.3 Å². The van der Waals surface area contributed by atoms with E-state index < -0.39 is 0 Å². The Labute approximate surface area is 171 Å². The van der Waals surface area contributed by atoms with Gasteiger partial charge in [0.2, 0.25) is 0 Å². The molecule has 140 valence electrons. The van der Waals surface area contributed by atoms with Crippen LogP contribution in [-0.4, -0.2) is 41.4 Å². The van der Waals surface area contributed by atoms with Gasteiger partial charge in [0.25, 0.3) is 5.91 Å². The number of benzene rings is 1. The maximum atomic E-state index is 12.8. The largest absolute Gasteiger partial charge is 0.441 e. The lowest BCUT2D eigenvalue weighted by molar-refractivity contribution is -0.122. The van der Waals surface area contributed by atoms with Crippen LogP contribution < -0.4 is 4.90 Å². The zero-order valence-electron chi connectivity index (χ0n) is 14.4. The number of carbonyl (C=O) groups excluding carboxylic acids is 1. The highest BCUT2D eigenvalue weighted by molar-refractivity contribution is 8.26. The summed E-state index contributed by atoms with van der Waals surface area (Å²) in [6.07, 6.45) is 1.75. The van der Waals surface area contributed by atoms with Gasteiger partial charge in [-0.2, -0.15) is 0 Å². The molecule has 2 aliphatic rings. The van der Waals surface area contributed by atoms with Crippen LogP contribution in [0.3, 0.4) is 0 Å². The third-order valence-electron chi connectivity index (χ3n) is 4.37. The van der Waals surface area contributed by atoms with Crippen LogP contribution in [0.4, 0.5) is 5.88 Å². The smallest absolute Gasteiger partial charge is 0.266 e.